The van der Waals surface area contributed by atoms with Gasteiger partial charge in [-0.25, -0.2) is 4.99 Å². The van der Waals surface area contributed by atoms with Gasteiger partial charge >= 0.3 is 0 Å². The molecule has 2 N–H and O–H groups in total. The van der Waals surface area contributed by atoms with Crippen LogP contribution in [-0.2, 0) is 11.2 Å². The van der Waals surface area contributed by atoms with Crippen molar-refractivity contribution in [1.82, 2.24) is 15.5 Å². The van der Waals surface area contributed by atoms with Crippen molar-refractivity contribution in [2.75, 3.05) is 45.9 Å². The zero-order valence-corrected chi connectivity index (χ0v) is 16.6. The molecule has 0 bridgehead atoms. The van der Waals surface area contributed by atoms with Crippen molar-refractivity contribution in [1.29, 1.82) is 0 Å². The lowest BCUT2D eigenvalue weighted by atomic mass is 10.0. The second-order valence-electron chi connectivity index (χ2n) is 7.83. The maximum atomic E-state index is 5.51. The van der Waals surface area contributed by atoms with Crippen LogP contribution >= 0.6 is 0 Å². The first kappa shape index (κ1) is 20.0. The van der Waals surface area contributed by atoms with Crippen molar-refractivity contribution >= 4 is 5.96 Å². The van der Waals surface area contributed by atoms with Gasteiger partial charge in [-0.05, 0) is 44.2 Å². The van der Waals surface area contributed by atoms with Gasteiger partial charge in [-0.2, -0.15) is 0 Å². The van der Waals surface area contributed by atoms with E-state index < -0.39 is 0 Å². The molecule has 1 unspecified atom stereocenters. The fourth-order valence-corrected chi connectivity index (χ4v) is 3.67. The van der Waals surface area contributed by atoms with E-state index in [2.05, 4.69) is 27.1 Å². The van der Waals surface area contributed by atoms with Gasteiger partial charge in [0.1, 0.15) is 5.76 Å². The van der Waals surface area contributed by atoms with Crippen molar-refractivity contribution < 1.29 is 9.15 Å². The fraction of sp³-hybridized carbons (Fsp3) is 0.667. The van der Waals surface area contributed by atoms with E-state index in [0.717, 1.165) is 75.3 Å². The third-order valence-electron chi connectivity index (χ3n) is 5.22. The molecule has 1 atom stereocenters. The summed E-state index contributed by atoms with van der Waals surface area (Å²) in [5, 5.41) is 7.06. The van der Waals surface area contributed by atoms with Gasteiger partial charge < -0.3 is 24.7 Å². The largest absolute Gasteiger partial charge is 0.469 e. The Morgan fingerprint density at radius 2 is 2.19 bits per heavy atom. The number of piperidine rings is 1. The summed E-state index contributed by atoms with van der Waals surface area (Å²) >= 11 is 0. The molecule has 2 fully saturated rings. The van der Waals surface area contributed by atoms with Crippen molar-refractivity contribution in [3.05, 3.63) is 36.3 Å². The lowest BCUT2D eigenvalue weighted by Gasteiger charge is -2.34. The Morgan fingerprint density at radius 3 is 2.85 bits per heavy atom. The minimum absolute atomic E-state index is 0.473. The summed E-state index contributed by atoms with van der Waals surface area (Å²) in [6, 6.07) is 4.40. The van der Waals surface area contributed by atoms with Crippen LogP contribution in [0.5, 0.6) is 0 Å². The third kappa shape index (κ3) is 7.03. The van der Waals surface area contributed by atoms with Gasteiger partial charge in [0, 0.05) is 45.2 Å². The maximum absolute atomic E-state index is 5.51. The van der Waals surface area contributed by atoms with Crippen LogP contribution in [0.1, 0.15) is 31.9 Å². The molecule has 2 aliphatic rings. The molecule has 3 heterocycles. The van der Waals surface area contributed by atoms with Crippen LogP contribution in [-0.4, -0.2) is 62.8 Å². The molecule has 2 aliphatic heterocycles. The Kier molecular flexibility index (Phi) is 7.78. The van der Waals surface area contributed by atoms with Crippen LogP contribution in [0.4, 0.5) is 0 Å². The number of rotatable bonds is 8. The second kappa shape index (κ2) is 10.5. The topological polar surface area (TPSA) is 62.0 Å². The Bertz CT molecular complexity index is 585. The Labute approximate surface area is 163 Å². The first-order valence-electron chi connectivity index (χ1n) is 10.2. The van der Waals surface area contributed by atoms with Gasteiger partial charge in [0.2, 0.25) is 0 Å². The monoisotopic (exact) mass is 374 g/mol. The summed E-state index contributed by atoms with van der Waals surface area (Å²) in [7, 11) is 0. The van der Waals surface area contributed by atoms with Crippen LogP contribution in [0.25, 0.3) is 0 Å². The summed E-state index contributed by atoms with van der Waals surface area (Å²) in [6.45, 7) is 12.8. The molecular weight excluding hydrogens is 340 g/mol. The van der Waals surface area contributed by atoms with Gasteiger partial charge in [-0.15, -0.1) is 0 Å². The SMILES string of the molecule is C=C(C)CN=C(NCCc1ccco1)NC1CCN(CC2CCOC2)CC1. The summed E-state index contributed by atoms with van der Waals surface area (Å²) in [4.78, 5) is 7.26. The number of aliphatic imine (C=N–C) groups is 1. The van der Waals surface area contributed by atoms with E-state index in [1.54, 1.807) is 6.26 Å². The Morgan fingerprint density at radius 1 is 1.33 bits per heavy atom. The van der Waals surface area contributed by atoms with Crippen LogP contribution in [0, 0.1) is 5.92 Å². The molecule has 2 saturated heterocycles. The highest BCUT2D eigenvalue weighted by Crippen LogP contribution is 2.17. The minimum atomic E-state index is 0.473. The van der Waals surface area contributed by atoms with Crippen molar-refractivity contribution in [3.63, 3.8) is 0 Å². The van der Waals surface area contributed by atoms with E-state index in [1.165, 1.54) is 13.0 Å². The van der Waals surface area contributed by atoms with E-state index in [0.29, 0.717) is 12.6 Å². The standard InChI is InChI=1S/C21H34N4O2/c1-17(2)14-23-21(22-9-5-20-4-3-12-27-20)24-19-6-10-25(11-7-19)15-18-8-13-26-16-18/h3-4,12,18-19H,1,5-11,13-16H2,2H3,(H2,22,23,24). The van der Waals surface area contributed by atoms with E-state index in [9.17, 15) is 0 Å². The summed E-state index contributed by atoms with van der Waals surface area (Å²) in [6.07, 6.45) is 6.09. The molecule has 0 aromatic carbocycles. The zero-order valence-electron chi connectivity index (χ0n) is 16.6. The summed E-state index contributed by atoms with van der Waals surface area (Å²) in [5.74, 6) is 2.60. The van der Waals surface area contributed by atoms with E-state index in [4.69, 9.17) is 9.15 Å². The molecule has 0 saturated carbocycles. The highest BCUT2D eigenvalue weighted by atomic mass is 16.5. The number of nitrogens with zero attached hydrogens (tertiary/aromatic N) is 2. The molecular formula is C21H34N4O2. The van der Waals surface area contributed by atoms with Gasteiger partial charge in [0.15, 0.2) is 5.96 Å². The van der Waals surface area contributed by atoms with Gasteiger partial charge in [-0.3, -0.25) is 0 Å². The Balaban J connectivity index is 1.42. The van der Waals surface area contributed by atoms with Crippen molar-refractivity contribution in [2.45, 2.75) is 38.6 Å². The highest BCUT2D eigenvalue weighted by Gasteiger charge is 2.24. The molecule has 0 amide bonds. The predicted octanol–water partition coefficient (Wildman–Crippen LogP) is 2.43. The van der Waals surface area contributed by atoms with Crippen molar-refractivity contribution in [2.24, 2.45) is 10.9 Å². The predicted molar refractivity (Wildman–Crippen MR) is 109 cm³/mol. The molecule has 0 radical (unpaired) electrons. The number of furan rings is 1. The van der Waals surface area contributed by atoms with Crippen molar-refractivity contribution in [3.8, 4) is 0 Å². The van der Waals surface area contributed by atoms with E-state index in [-0.39, 0.29) is 0 Å². The Hall–Kier alpha value is -1.79. The average molecular weight is 375 g/mol. The van der Waals surface area contributed by atoms with Crippen LogP contribution in [0.15, 0.2) is 40.0 Å². The summed E-state index contributed by atoms with van der Waals surface area (Å²) < 4.78 is 10.9. The second-order valence-corrected chi connectivity index (χ2v) is 7.83. The minimum Gasteiger partial charge on any atom is -0.469 e. The number of ether oxygens (including phenoxy) is 1. The molecule has 6 nitrogen and oxygen atoms in total. The van der Waals surface area contributed by atoms with Gasteiger partial charge in [0.05, 0.1) is 19.4 Å². The molecule has 1 aromatic rings. The van der Waals surface area contributed by atoms with Crippen LogP contribution in [0.3, 0.4) is 0 Å². The lowest BCUT2D eigenvalue weighted by molar-refractivity contribution is 0.150. The smallest absolute Gasteiger partial charge is 0.191 e. The maximum Gasteiger partial charge on any atom is 0.191 e. The van der Waals surface area contributed by atoms with Gasteiger partial charge in [0.25, 0.3) is 0 Å². The average Bonchev–Trinajstić information content (AvgIpc) is 3.35. The normalized spacial score (nSPS) is 22.1. The number of hydrogen-bond donors (Lipinski definition) is 2. The molecule has 3 rings (SSSR count). The highest BCUT2D eigenvalue weighted by molar-refractivity contribution is 5.80. The van der Waals surface area contributed by atoms with Crippen LogP contribution in [0.2, 0.25) is 0 Å². The number of likely N-dealkylation sites (tertiary alicyclic amines) is 1. The number of guanidine groups is 1. The van der Waals surface area contributed by atoms with E-state index in [1.807, 2.05) is 19.1 Å². The quantitative estimate of drug-likeness (QED) is 0.416. The van der Waals surface area contributed by atoms with E-state index >= 15 is 0 Å². The molecule has 0 spiro atoms. The number of hydrogen-bond acceptors (Lipinski definition) is 4. The molecule has 6 heteroatoms. The summed E-state index contributed by atoms with van der Waals surface area (Å²) in [5.41, 5.74) is 1.07. The van der Waals surface area contributed by atoms with Crippen LogP contribution < -0.4 is 10.6 Å². The zero-order chi connectivity index (χ0) is 18.9. The lowest BCUT2D eigenvalue weighted by Crippen LogP contribution is -2.49. The first-order valence-corrected chi connectivity index (χ1v) is 10.2. The molecule has 0 aliphatic carbocycles. The molecule has 150 valence electrons. The first-order chi connectivity index (χ1) is 13.2. The molecule has 1 aromatic heterocycles. The fourth-order valence-electron chi connectivity index (χ4n) is 3.67. The van der Waals surface area contributed by atoms with Gasteiger partial charge in [-0.1, -0.05) is 12.2 Å². The third-order valence-corrected chi connectivity index (χ3v) is 5.22. The molecule has 27 heavy (non-hydrogen) atoms. The number of nitrogens with one attached hydrogen (secondary N) is 2.